The molecule has 0 N–H and O–H groups in total. The smallest absolute Gasteiger partial charge is 0.119 e. The molecular weight excluding hydrogens is 236 g/mol. The highest BCUT2D eigenvalue weighted by Crippen LogP contribution is 2.34. The van der Waals surface area contributed by atoms with Crippen LogP contribution in [-0.4, -0.2) is 19.1 Å². The maximum absolute atomic E-state index is 6.00. The van der Waals surface area contributed by atoms with Gasteiger partial charge in [0, 0.05) is 18.4 Å². The van der Waals surface area contributed by atoms with Crippen LogP contribution in [0.1, 0.15) is 31.4 Å². The lowest BCUT2D eigenvalue weighted by Crippen LogP contribution is -2.23. The van der Waals surface area contributed by atoms with Gasteiger partial charge in [0.15, 0.2) is 0 Å². The summed E-state index contributed by atoms with van der Waals surface area (Å²) < 4.78 is 11.3. The normalized spacial score (nSPS) is 24.6. The fourth-order valence-electron chi connectivity index (χ4n) is 2.29. The van der Waals surface area contributed by atoms with Gasteiger partial charge in [-0.2, -0.15) is 0 Å². The average molecular weight is 255 g/mol. The largest absolute Gasteiger partial charge is 0.494 e. The van der Waals surface area contributed by atoms with E-state index < -0.39 is 0 Å². The van der Waals surface area contributed by atoms with Crippen LogP contribution < -0.4 is 4.74 Å². The highest BCUT2D eigenvalue weighted by atomic mass is 35.5. The Morgan fingerprint density at radius 3 is 2.76 bits per heavy atom. The molecule has 1 saturated heterocycles. The van der Waals surface area contributed by atoms with Crippen LogP contribution in [0.2, 0.25) is 0 Å². The molecule has 0 bridgehead atoms. The van der Waals surface area contributed by atoms with E-state index in [1.165, 1.54) is 5.56 Å². The summed E-state index contributed by atoms with van der Waals surface area (Å²) in [6, 6.07) is 8.17. The average Bonchev–Trinajstić information content (AvgIpc) is 2.40. The fraction of sp³-hybridized carbons (Fsp3) is 0.571. The number of hydrogen-bond donors (Lipinski definition) is 0. The number of hydrogen-bond acceptors (Lipinski definition) is 2. The lowest BCUT2D eigenvalue weighted by Gasteiger charge is -2.30. The third-order valence-corrected chi connectivity index (χ3v) is 3.56. The molecule has 1 fully saturated rings. The molecule has 17 heavy (non-hydrogen) atoms. The van der Waals surface area contributed by atoms with E-state index in [1.807, 2.05) is 19.1 Å². The highest BCUT2D eigenvalue weighted by molar-refractivity contribution is 6.18. The second-order valence-corrected chi connectivity index (χ2v) is 4.66. The Hall–Kier alpha value is -0.730. The molecule has 2 nitrogen and oxygen atoms in total. The summed E-state index contributed by atoms with van der Waals surface area (Å²) in [6.07, 6.45) is 2.42. The Labute approximate surface area is 108 Å². The van der Waals surface area contributed by atoms with Crippen LogP contribution in [0.25, 0.3) is 0 Å². The van der Waals surface area contributed by atoms with Gasteiger partial charge < -0.3 is 9.47 Å². The van der Waals surface area contributed by atoms with Crippen LogP contribution in [0.3, 0.4) is 0 Å². The van der Waals surface area contributed by atoms with Crippen molar-refractivity contribution < 1.29 is 9.47 Å². The van der Waals surface area contributed by atoms with Gasteiger partial charge in [0.25, 0.3) is 0 Å². The molecule has 2 atom stereocenters. The third kappa shape index (κ3) is 3.14. The second-order valence-electron chi connectivity index (χ2n) is 4.35. The number of alkyl halides is 1. The molecule has 1 aromatic rings. The van der Waals surface area contributed by atoms with Crippen LogP contribution in [0.15, 0.2) is 24.3 Å². The van der Waals surface area contributed by atoms with Gasteiger partial charge in [-0.3, -0.25) is 0 Å². The van der Waals surface area contributed by atoms with E-state index in [-0.39, 0.29) is 6.10 Å². The molecule has 2 rings (SSSR count). The van der Waals surface area contributed by atoms with E-state index in [4.69, 9.17) is 21.1 Å². The number of ether oxygens (including phenoxy) is 2. The van der Waals surface area contributed by atoms with Gasteiger partial charge in [-0.05, 0) is 37.5 Å². The molecule has 1 heterocycles. The van der Waals surface area contributed by atoms with Gasteiger partial charge >= 0.3 is 0 Å². The quantitative estimate of drug-likeness (QED) is 0.761. The van der Waals surface area contributed by atoms with Crippen LogP contribution in [0.4, 0.5) is 0 Å². The zero-order chi connectivity index (χ0) is 12.1. The van der Waals surface area contributed by atoms with E-state index in [2.05, 4.69) is 12.1 Å². The topological polar surface area (TPSA) is 18.5 Å². The zero-order valence-corrected chi connectivity index (χ0v) is 11.0. The Morgan fingerprint density at radius 2 is 2.12 bits per heavy atom. The van der Waals surface area contributed by atoms with Crippen molar-refractivity contribution in [3.63, 3.8) is 0 Å². The van der Waals surface area contributed by atoms with E-state index in [9.17, 15) is 0 Å². The Morgan fingerprint density at radius 1 is 1.35 bits per heavy atom. The Kier molecular flexibility index (Phi) is 4.69. The first-order valence-electron chi connectivity index (χ1n) is 6.25. The van der Waals surface area contributed by atoms with Gasteiger partial charge in [-0.25, -0.2) is 0 Å². The van der Waals surface area contributed by atoms with Crippen molar-refractivity contribution >= 4 is 11.6 Å². The Bertz CT molecular complexity index is 337. The minimum absolute atomic E-state index is 0.150. The maximum atomic E-state index is 6.00. The minimum Gasteiger partial charge on any atom is -0.494 e. The van der Waals surface area contributed by atoms with Crippen LogP contribution >= 0.6 is 11.6 Å². The predicted octanol–water partition coefficient (Wildman–Crippen LogP) is 3.79. The first-order chi connectivity index (χ1) is 8.35. The minimum atomic E-state index is 0.150. The zero-order valence-electron chi connectivity index (χ0n) is 10.2. The van der Waals surface area contributed by atoms with Gasteiger partial charge in [0.1, 0.15) is 5.75 Å². The molecule has 94 valence electrons. The van der Waals surface area contributed by atoms with Crippen LogP contribution in [-0.2, 0) is 4.74 Å². The number of halogens is 1. The van der Waals surface area contributed by atoms with Crippen molar-refractivity contribution in [1.82, 2.24) is 0 Å². The molecular formula is C14H19ClO2. The molecule has 0 saturated carbocycles. The summed E-state index contributed by atoms with van der Waals surface area (Å²) in [5.74, 6) is 2.01. The summed E-state index contributed by atoms with van der Waals surface area (Å²) >= 11 is 6.00. The lowest BCUT2D eigenvalue weighted by molar-refractivity contribution is -0.0208. The SMILES string of the molecule is CCOc1ccc(C2OCCCC2CCl)cc1. The fourth-order valence-corrected chi connectivity index (χ4v) is 2.61. The standard InChI is InChI=1S/C14H19ClO2/c1-2-16-13-7-5-11(6-8-13)14-12(10-15)4-3-9-17-14/h5-8,12,14H,2-4,9-10H2,1H3. The number of rotatable bonds is 4. The molecule has 0 aromatic heterocycles. The van der Waals surface area contributed by atoms with Crippen molar-refractivity contribution in [3.05, 3.63) is 29.8 Å². The van der Waals surface area contributed by atoms with Crippen molar-refractivity contribution in [2.45, 2.75) is 25.9 Å². The van der Waals surface area contributed by atoms with Crippen LogP contribution in [0.5, 0.6) is 5.75 Å². The molecule has 0 amide bonds. The molecule has 0 radical (unpaired) electrons. The molecule has 1 aliphatic heterocycles. The van der Waals surface area contributed by atoms with Gasteiger partial charge in [-0.1, -0.05) is 12.1 Å². The molecule has 0 spiro atoms. The van der Waals surface area contributed by atoms with Gasteiger partial charge in [0.05, 0.1) is 12.7 Å². The molecule has 0 aliphatic carbocycles. The summed E-state index contributed by atoms with van der Waals surface area (Å²) in [4.78, 5) is 0. The van der Waals surface area contributed by atoms with Gasteiger partial charge in [-0.15, -0.1) is 11.6 Å². The first-order valence-corrected chi connectivity index (χ1v) is 6.79. The first kappa shape index (κ1) is 12.7. The summed E-state index contributed by atoms with van der Waals surface area (Å²) in [5, 5.41) is 0. The van der Waals surface area contributed by atoms with Gasteiger partial charge in [0.2, 0.25) is 0 Å². The summed E-state index contributed by atoms with van der Waals surface area (Å²) in [5.41, 5.74) is 1.21. The van der Waals surface area contributed by atoms with E-state index >= 15 is 0 Å². The lowest BCUT2D eigenvalue weighted by atomic mass is 9.91. The molecule has 1 aromatic carbocycles. The van der Waals surface area contributed by atoms with E-state index in [0.29, 0.717) is 18.4 Å². The third-order valence-electron chi connectivity index (χ3n) is 3.16. The summed E-state index contributed by atoms with van der Waals surface area (Å²) in [6.45, 7) is 3.52. The number of benzene rings is 1. The predicted molar refractivity (Wildman–Crippen MR) is 69.7 cm³/mol. The monoisotopic (exact) mass is 254 g/mol. The maximum Gasteiger partial charge on any atom is 0.119 e. The van der Waals surface area contributed by atoms with Crippen LogP contribution in [0, 0.1) is 5.92 Å². The van der Waals surface area contributed by atoms with E-state index in [0.717, 1.165) is 25.2 Å². The van der Waals surface area contributed by atoms with Crippen molar-refractivity contribution in [3.8, 4) is 5.75 Å². The molecule has 3 heteroatoms. The van der Waals surface area contributed by atoms with Crippen molar-refractivity contribution in [1.29, 1.82) is 0 Å². The summed E-state index contributed by atoms with van der Waals surface area (Å²) in [7, 11) is 0. The second kappa shape index (κ2) is 6.27. The Balaban J connectivity index is 2.09. The molecule has 2 unspecified atom stereocenters. The van der Waals surface area contributed by atoms with E-state index in [1.54, 1.807) is 0 Å². The van der Waals surface area contributed by atoms with Crippen molar-refractivity contribution in [2.75, 3.05) is 19.1 Å². The van der Waals surface area contributed by atoms with Crippen molar-refractivity contribution in [2.24, 2.45) is 5.92 Å². The highest BCUT2D eigenvalue weighted by Gasteiger charge is 2.26. The molecule has 1 aliphatic rings.